The van der Waals surface area contributed by atoms with Crippen molar-refractivity contribution in [1.82, 2.24) is 20.5 Å². The van der Waals surface area contributed by atoms with Gasteiger partial charge in [0, 0.05) is 33.7 Å². The molecule has 0 saturated heterocycles. The quantitative estimate of drug-likeness (QED) is 0.228. The predicted octanol–water partition coefficient (Wildman–Crippen LogP) is 5.90. The summed E-state index contributed by atoms with van der Waals surface area (Å²) in [4.78, 5) is 22.9. The van der Waals surface area contributed by atoms with Crippen molar-refractivity contribution in [1.29, 1.82) is 0 Å². The van der Waals surface area contributed by atoms with Crippen LogP contribution in [-0.4, -0.2) is 27.0 Å². The van der Waals surface area contributed by atoms with E-state index >= 15 is 0 Å². The second kappa shape index (κ2) is 9.87. The van der Waals surface area contributed by atoms with E-state index in [2.05, 4.69) is 31.1 Å². The van der Waals surface area contributed by atoms with Crippen molar-refractivity contribution in [3.05, 3.63) is 107 Å². The molecular formula is C28H22ClN7O2. The Balaban J connectivity index is 1.32. The van der Waals surface area contributed by atoms with Crippen LogP contribution in [0.3, 0.4) is 0 Å². The third-order valence-corrected chi connectivity index (χ3v) is 6.48. The fourth-order valence-electron chi connectivity index (χ4n) is 4.36. The highest BCUT2D eigenvalue weighted by atomic mass is 35.5. The molecule has 0 fully saturated rings. The number of nitrogens with one attached hydrogen (secondary N) is 4. The van der Waals surface area contributed by atoms with E-state index in [4.69, 9.17) is 21.0 Å². The molecule has 1 atom stereocenters. The molecule has 3 heterocycles. The molecule has 0 aliphatic carbocycles. The van der Waals surface area contributed by atoms with E-state index in [1.54, 1.807) is 12.3 Å². The van der Waals surface area contributed by atoms with Crippen molar-refractivity contribution in [2.45, 2.75) is 13.0 Å². The number of amides is 1. The molecule has 1 aliphatic rings. The number of rotatable bonds is 5. The molecule has 4 N–H and O–H groups in total. The molecule has 0 bridgehead atoms. The Morgan fingerprint density at radius 2 is 1.87 bits per heavy atom. The highest BCUT2D eigenvalue weighted by Crippen LogP contribution is 2.35. The molecule has 5 aromatic rings. The van der Waals surface area contributed by atoms with Crippen LogP contribution in [0.4, 0.5) is 11.7 Å². The van der Waals surface area contributed by atoms with Gasteiger partial charge in [0.05, 0.1) is 11.3 Å². The first kappa shape index (κ1) is 23.5. The Morgan fingerprint density at radius 3 is 2.68 bits per heavy atom. The number of aliphatic imine (C=N–C) groups is 1. The standard InChI is InChI=1S/C28H22ClN7O2/c1-16-24(26(37)32-18-8-6-7-17(15-18)21-13-14-30-36-21)25(19-9-2-3-10-20(19)29)34-27(31-16)35-28-33-22-11-4-5-12-23(22)38-28/h2-15,25H,1H3,(H,30,36)(H,32,37)(H2,31,33,34,35). The minimum Gasteiger partial charge on any atom is -0.423 e. The van der Waals surface area contributed by atoms with Gasteiger partial charge in [0.15, 0.2) is 5.58 Å². The van der Waals surface area contributed by atoms with E-state index in [1.165, 1.54) is 0 Å². The van der Waals surface area contributed by atoms with E-state index in [1.807, 2.05) is 79.7 Å². The number of H-pyrrole nitrogens is 1. The van der Waals surface area contributed by atoms with Gasteiger partial charge in [0.25, 0.3) is 5.91 Å². The molecule has 1 aliphatic heterocycles. The second-order valence-electron chi connectivity index (χ2n) is 8.68. The molecule has 0 radical (unpaired) electrons. The predicted molar refractivity (Wildman–Crippen MR) is 148 cm³/mol. The zero-order valence-electron chi connectivity index (χ0n) is 20.2. The van der Waals surface area contributed by atoms with Crippen molar-refractivity contribution < 1.29 is 9.21 Å². The van der Waals surface area contributed by atoms with Gasteiger partial charge in [-0.1, -0.05) is 54.1 Å². The van der Waals surface area contributed by atoms with Crippen molar-refractivity contribution in [2.75, 3.05) is 10.6 Å². The smallest absolute Gasteiger partial charge is 0.302 e. The lowest BCUT2D eigenvalue weighted by atomic mass is 9.95. The summed E-state index contributed by atoms with van der Waals surface area (Å²) in [6.45, 7) is 1.82. The summed E-state index contributed by atoms with van der Waals surface area (Å²) in [6, 6.07) is 23.8. The number of aromatic nitrogens is 3. The lowest BCUT2D eigenvalue weighted by Gasteiger charge is -2.27. The monoisotopic (exact) mass is 523 g/mol. The Morgan fingerprint density at radius 1 is 1.03 bits per heavy atom. The minimum absolute atomic E-state index is 0.284. The first-order valence-corrected chi connectivity index (χ1v) is 12.3. The molecule has 3 aromatic carbocycles. The number of aromatic amines is 1. The summed E-state index contributed by atoms with van der Waals surface area (Å²) < 4.78 is 5.79. The number of carbonyl (C=O) groups excluding carboxylic acids is 1. The Kier molecular flexibility index (Phi) is 6.11. The summed E-state index contributed by atoms with van der Waals surface area (Å²) >= 11 is 6.57. The van der Waals surface area contributed by atoms with Crippen molar-refractivity contribution in [3.63, 3.8) is 0 Å². The number of halogens is 1. The van der Waals surface area contributed by atoms with Crippen molar-refractivity contribution >= 4 is 46.3 Å². The van der Waals surface area contributed by atoms with E-state index in [-0.39, 0.29) is 11.9 Å². The van der Waals surface area contributed by atoms with E-state index in [0.717, 1.165) is 16.8 Å². The molecule has 1 amide bonds. The van der Waals surface area contributed by atoms with Gasteiger partial charge in [-0.25, -0.2) is 4.99 Å². The van der Waals surface area contributed by atoms with Gasteiger partial charge in [-0.15, -0.1) is 0 Å². The Bertz CT molecular complexity index is 1670. The molecule has 188 valence electrons. The van der Waals surface area contributed by atoms with Crippen LogP contribution in [0, 0.1) is 0 Å². The largest absolute Gasteiger partial charge is 0.423 e. The van der Waals surface area contributed by atoms with Crippen LogP contribution in [0.25, 0.3) is 22.4 Å². The Labute approximate surface area is 222 Å². The van der Waals surface area contributed by atoms with Gasteiger partial charge in [0.1, 0.15) is 11.6 Å². The first-order chi connectivity index (χ1) is 18.5. The number of fused-ring (bicyclic) bond motifs is 1. The van der Waals surface area contributed by atoms with Gasteiger partial charge in [-0.05, 0) is 43.3 Å². The molecule has 0 saturated carbocycles. The fourth-order valence-corrected chi connectivity index (χ4v) is 4.60. The van der Waals surface area contributed by atoms with E-state index in [9.17, 15) is 4.79 Å². The summed E-state index contributed by atoms with van der Waals surface area (Å²) in [5, 5.41) is 16.7. The maximum Gasteiger partial charge on any atom is 0.302 e. The number of nitrogens with zero attached hydrogens (tertiary/aromatic N) is 3. The number of hydrogen-bond acceptors (Lipinski definition) is 7. The normalized spacial score (nSPS) is 15.2. The lowest BCUT2D eigenvalue weighted by Crippen LogP contribution is -2.37. The van der Waals surface area contributed by atoms with Crippen LogP contribution < -0.4 is 16.0 Å². The summed E-state index contributed by atoms with van der Waals surface area (Å²) in [6.07, 6.45) is 1.68. The maximum absolute atomic E-state index is 13.7. The van der Waals surface area contributed by atoms with Crippen LogP contribution in [0.2, 0.25) is 5.02 Å². The number of anilines is 2. The number of hydrogen-bond donors (Lipinski definition) is 4. The number of oxazole rings is 1. The third-order valence-electron chi connectivity index (χ3n) is 6.14. The minimum atomic E-state index is -0.674. The van der Waals surface area contributed by atoms with Crippen molar-refractivity contribution in [3.8, 4) is 11.3 Å². The highest BCUT2D eigenvalue weighted by Gasteiger charge is 2.31. The third kappa shape index (κ3) is 4.62. The van der Waals surface area contributed by atoms with Crippen LogP contribution in [0.15, 0.2) is 106 Å². The number of allylic oxidation sites excluding steroid dienone is 1. The molecule has 9 nitrogen and oxygen atoms in total. The van der Waals surface area contributed by atoms with Crippen LogP contribution in [0.5, 0.6) is 0 Å². The highest BCUT2D eigenvalue weighted by molar-refractivity contribution is 6.31. The number of carbonyl (C=O) groups is 1. The van der Waals surface area contributed by atoms with Crippen molar-refractivity contribution in [2.24, 2.45) is 4.99 Å². The van der Waals surface area contributed by atoms with Crippen LogP contribution in [-0.2, 0) is 4.79 Å². The number of benzene rings is 3. The zero-order valence-corrected chi connectivity index (χ0v) is 21.0. The molecule has 10 heteroatoms. The number of guanidine groups is 1. The number of para-hydroxylation sites is 2. The van der Waals surface area contributed by atoms with Gasteiger partial charge in [-0.2, -0.15) is 10.1 Å². The molecule has 6 rings (SSSR count). The van der Waals surface area contributed by atoms with E-state index < -0.39 is 6.04 Å². The molecule has 38 heavy (non-hydrogen) atoms. The molecular weight excluding hydrogens is 502 g/mol. The van der Waals surface area contributed by atoms with Crippen LogP contribution >= 0.6 is 11.6 Å². The summed E-state index contributed by atoms with van der Waals surface area (Å²) in [7, 11) is 0. The Hall–Kier alpha value is -4.89. The molecule has 2 aromatic heterocycles. The topological polar surface area (TPSA) is 120 Å². The maximum atomic E-state index is 13.7. The first-order valence-electron chi connectivity index (χ1n) is 11.9. The van der Waals surface area contributed by atoms with E-state index in [0.29, 0.717) is 39.1 Å². The fraction of sp³-hybridized carbons (Fsp3) is 0.0714. The summed E-state index contributed by atoms with van der Waals surface area (Å²) in [5.41, 5.74) is 5.52. The van der Waals surface area contributed by atoms with Gasteiger partial charge in [-0.3, -0.25) is 15.2 Å². The van der Waals surface area contributed by atoms with Gasteiger partial charge >= 0.3 is 6.01 Å². The van der Waals surface area contributed by atoms with Crippen LogP contribution in [0.1, 0.15) is 18.5 Å². The molecule has 0 spiro atoms. The summed E-state index contributed by atoms with van der Waals surface area (Å²) in [5.74, 6) is 0.0862. The van der Waals surface area contributed by atoms with Gasteiger partial charge in [0.2, 0.25) is 5.96 Å². The average Bonchev–Trinajstić information content (AvgIpc) is 3.59. The SMILES string of the molecule is CC1=C(C(=O)Nc2cccc(-c3ccn[nH]3)c2)C(c2ccccc2Cl)N=C(Nc2nc3ccccc3o2)N1. The molecule has 1 unspecified atom stereocenters. The zero-order chi connectivity index (χ0) is 26.1. The second-order valence-corrected chi connectivity index (χ2v) is 9.09. The lowest BCUT2D eigenvalue weighted by molar-refractivity contribution is -0.113. The van der Waals surface area contributed by atoms with Gasteiger partial charge < -0.3 is 15.1 Å². The average molecular weight is 524 g/mol.